The predicted octanol–water partition coefficient (Wildman–Crippen LogP) is 3.30. The summed E-state index contributed by atoms with van der Waals surface area (Å²) in [7, 11) is -4.74. The quantitative estimate of drug-likeness (QED) is 0.852. The smallest absolute Gasteiger partial charge is 0.300 e. The molecule has 120 valence electrons. The first kappa shape index (κ1) is 15.6. The lowest BCUT2D eigenvalue weighted by molar-refractivity contribution is -0.124. The minimum Gasteiger partial charge on any atom is -0.300 e. The molecule has 3 rings (SSSR count). The molecule has 1 aromatic rings. The van der Waals surface area contributed by atoms with Crippen molar-refractivity contribution in [2.45, 2.75) is 36.3 Å². The number of carbonyl (C=O) groups is 1. The lowest BCUT2D eigenvalue weighted by atomic mass is 9.79. The summed E-state index contributed by atoms with van der Waals surface area (Å²) >= 11 is 0. The van der Waals surface area contributed by atoms with E-state index >= 15 is 0 Å². The number of rotatable bonds is 4. The standard InChI is InChI=1S/C16H18F2O3S/c1-10(19)13-7-11-8-14(13)15(9-11)16(17,18)22(20,21)12-5-3-2-4-6-12/h2-6,11,13-15H,7-9H2,1H3. The monoisotopic (exact) mass is 328 g/mol. The van der Waals surface area contributed by atoms with Gasteiger partial charge in [-0.1, -0.05) is 18.2 Å². The normalized spacial score (nSPS) is 31.4. The molecule has 2 fully saturated rings. The molecule has 2 aliphatic carbocycles. The molecule has 2 saturated carbocycles. The van der Waals surface area contributed by atoms with Crippen LogP contribution >= 0.6 is 0 Å². The molecular formula is C16H18F2O3S. The Morgan fingerprint density at radius 1 is 1.14 bits per heavy atom. The van der Waals surface area contributed by atoms with Crippen LogP contribution in [0, 0.1) is 23.7 Å². The zero-order valence-electron chi connectivity index (χ0n) is 12.2. The van der Waals surface area contributed by atoms with E-state index in [4.69, 9.17) is 0 Å². The number of ketones is 1. The fourth-order valence-corrected chi connectivity index (χ4v) is 5.66. The van der Waals surface area contributed by atoms with Crippen molar-refractivity contribution in [1.82, 2.24) is 0 Å². The highest BCUT2D eigenvalue weighted by atomic mass is 32.2. The van der Waals surface area contributed by atoms with Gasteiger partial charge in [-0.15, -0.1) is 0 Å². The van der Waals surface area contributed by atoms with Gasteiger partial charge in [0.2, 0.25) is 9.84 Å². The first-order valence-corrected chi connectivity index (χ1v) is 8.91. The van der Waals surface area contributed by atoms with Crippen LogP contribution in [0.5, 0.6) is 0 Å². The number of hydrogen-bond acceptors (Lipinski definition) is 3. The van der Waals surface area contributed by atoms with Crippen molar-refractivity contribution in [3.05, 3.63) is 30.3 Å². The maximum atomic E-state index is 14.8. The van der Waals surface area contributed by atoms with E-state index in [0.29, 0.717) is 12.8 Å². The third kappa shape index (κ3) is 2.19. The van der Waals surface area contributed by atoms with Gasteiger partial charge < -0.3 is 0 Å². The number of carbonyl (C=O) groups excluding carboxylic acids is 1. The minimum atomic E-state index is -4.74. The van der Waals surface area contributed by atoms with Crippen LogP contribution < -0.4 is 0 Å². The number of hydrogen-bond donors (Lipinski definition) is 0. The molecule has 0 aliphatic heterocycles. The Bertz CT molecular complexity index is 685. The van der Waals surface area contributed by atoms with E-state index in [-0.39, 0.29) is 23.0 Å². The lowest BCUT2D eigenvalue weighted by Crippen LogP contribution is -2.43. The molecule has 0 N–H and O–H groups in total. The summed E-state index contributed by atoms with van der Waals surface area (Å²) in [4.78, 5) is 11.3. The molecule has 3 nitrogen and oxygen atoms in total. The zero-order chi connectivity index (χ0) is 16.1. The molecule has 22 heavy (non-hydrogen) atoms. The highest BCUT2D eigenvalue weighted by Gasteiger charge is 2.62. The van der Waals surface area contributed by atoms with E-state index in [9.17, 15) is 22.0 Å². The summed E-state index contributed by atoms with van der Waals surface area (Å²) in [6.45, 7) is 1.41. The lowest BCUT2D eigenvalue weighted by Gasteiger charge is -2.33. The molecule has 0 spiro atoms. The summed E-state index contributed by atoms with van der Waals surface area (Å²) in [6, 6.07) is 6.84. The van der Waals surface area contributed by atoms with Crippen molar-refractivity contribution >= 4 is 15.6 Å². The summed E-state index contributed by atoms with van der Waals surface area (Å²) < 4.78 is 54.3. The SMILES string of the molecule is CC(=O)C1CC2CC1C(C(F)(F)S(=O)(=O)c1ccccc1)C2. The van der Waals surface area contributed by atoms with Crippen molar-refractivity contribution < 1.29 is 22.0 Å². The number of benzene rings is 1. The Hall–Kier alpha value is -1.30. The van der Waals surface area contributed by atoms with Crippen LogP contribution in [-0.4, -0.2) is 19.5 Å². The first-order chi connectivity index (χ1) is 10.2. The first-order valence-electron chi connectivity index (χ1n) is 7.43. The molecule has 0 heterocycles. The van der Waals surface area contributed by atoms with Crippen LogP contribution in [0.25, 0.3) is 0 Å². The molecule has 4 atom stereocenters. The molecule has 1 aromatic carbocycles. The number of halogens is 2. The topological polar surface area (TPSA) is 51.2 Å². The van der Waals surface area contributed by atoms with Gasteiger partial charge in [0.15, 0.2) is 0 Å². The van der Waals surface area contributed by atoms with Gasteiger partial charge >= 0.3 is 5.25 Å². The molecule has 6 heteroatoms. The van der Waals surface area contributed by atoms with E-state index in [0.717, 1.165) is 0 Å². The second kappa shape index (κ2) is 5.11. The second-order valence-electron chi connectivity index (χ2n) is 6.44. The molecule has 4 unspecified atom stereocenters. The van der Waals surface area contributed by atoms with Crippen molar-refractivity contribution in [3.63, 3.8) is 0 Å². The number of fused-ring (bicyclic) bond motifs is 2. The van der Waals surface area contributed by atoms with Crippen molar-refractivity contribution in [2.75, 3.05) is 0 Å². The zero-order valence-corrected chi connectivity index (χ0v) is 13.0. The van der Waals surface area contributed by atoms with Crippen LogP contribution in [-0.2, 0) is 14.6 Å². The summed E-state index contributed by atoms with van der Waals surface area (Å²) in [5.74, 6) is -2.26. The molecule has 0 amide bonds. The van der Waals surface area contributed by atoms with Gasteiger partial charge in [0, 0.05) is 11.8 Å². The molecule has 0 radical (unpaired) electrons. The third-order valence-corrected chi connectivity index (χ3v) is 7.09. The van der Waals surface area contributed by atoms with Crippen LogP contribution in [0.1, 0.15) is 26.2 Å². The van der Waals surface area contributed by atoms with Gasteiger partial charge in [-0.05, 0) is 50.2 Å². The summed E-state index contributed by atoms with van der Waals surface area (Å²) in [5.41, 5.74) is 0. The van der Waals surface area contributed by atoms with Crippen molar-refractivity contribution in [3.8, 4) is 0 Å². The average molecular weight is 328 g/mol. The van der Waals surface area contributed by atoms with E-state index < -0.39 is 32.8 Å². The van der Waals surface area contributed by atoms with Crippen molar-refractivity contribution in [1.29, 1.82) is 0 Å². The van der Waals surface area contributed by atoms with E-state index in [1.165, 1.54) is 31.2 Å². The Balaban J connectivity index is 1.95. The number of Topliss-reactive ketones (excluding diaryl/α,β-unsaturated/α-hetero) is 1. The molecule has 0 aromatic heterocycles. The van der Waals surface area contributed by atoms with E-state index in [1.54, 1.807) is 6.07 Å². The molecule has 2 bridgehead atoms. The number of alkyl halides is 2. The van der Waals surface area contributed by atoms with Gasteiger partial charge in [-0.25, -0.2) is 8.42 Å². The van der Waals surface area contributed by atoms with Crippen LogP contribution in [0.15, 0.2) is 35.2 Å². The van der Waals surface area contributed by atoms with Crippen LogP contribution in [0.3, 0.4) is 0 Å². The van der Waals surface area contributed by atoms with Gasteiger partial charge in [0.05, 0.1) is 4.90 Å². The largest absolute Gasteiger partial charge is 0.353 e. The summed E-state index contributed by atoms with van der Waals surface area (Å²) in [6.07, 6.45) is 1.35. The highest BCUT2D eigenvalue weighted by molar-refractivity contribution is 7.92. The molecular weight excluding hydrogens is 310 g/mol. The Kier molecular flexibility index (Phi) is 3.62. The summed E-state index contributed by atoms with van der Waals surface area (Å²) in [5, 5.41) is -3.83. The van der Waals surface area contributed by atoms with Gasteiger partial charge in [0.1, 0.15) is 5.78 Å². The maximum Gasteiger partial charge on any atom is 0.353 e. The van der Waals surface area contributed by atoms with Crippen molar-refractivity contribution in [2.24, 2.45) is 23.7 Å². The Morgan fingerprint density at radius 2 is 1.77 bits per heavy atom. The third-order valence-electron chi connectivity index (χ3n) is 5.18. The molecule has 0 saturated heterocycles. The van der Waals surface area contributed by atoms with Gasteiger partial charge in [0.25, 0.3) is 0 Å². The van der Waals surface area contributed by atoms with E-state index in [2.05, 4.69) is 0 Å². The van der Waals surface area contributed by atoms with Gasteiger partial charge in [-0.3, -0.25) is 4.79 Å². The predicted molar refractivity (Wildman–Crippen MR) is 77.1 cm³/mol. The second-order valence-corrected chi connectivity index (χ2v) is 8.46. The minimum absolute atomic E-state index is 0.0424. The van der Waals surface area contributed by atoms with Crippen LogP contribution in [0.2, 0.25) is 0 Å². The average Bonchev–Trinajstić information content (AvgIpc) is 3.08. The highest BCUT2D eigenvalue weighted by Crippen LogP contribution is 2.58. The van der Waals surface area contributed by atoms with E-state index in [1.807, 2.05) is 0 Å². The fraction of sp³-hybridized carbons (Fsp3) is 0.562. The van der Waals surface area contributed by atoms with Crippen LogP contribution in [0.4, 0.5) is 8.78 Å². The number of sulfone groups is 1. The Labute approximate surface area is 128 Å². The van der Waals surface area contributed by atoms with Gasteiger partial charge in [-0.2, -0.15) is 8.78 Å². The fourth-order valence-electron chi connectivity index (χ4n) is 4.16. The Morgan fingerprint density at radius 3 is 2.32 bits per heavy atom. The molecule has 2 aliphatic rings. The maximum absolute atomic E-state index is 14.8.